The van der Waals surface area contributed by atoms with Crippen LogP contribution in [0.5, 0.6) is 0 Å². The van der Waals surface area contributed by atoms with Crippen molar-refractivity contribution in [2.45, 2.75) is 25.7 Å². The lowest BCUT2D eigenvalue weighted by molar-refractivity contribution is -0.122. The summed E-state index contributed by atoms with van der Waals surface area (Å²) in [6, 6.07) is 0. The second-order valence-electron chi connectivity index (χ2n) is 4.21. The number of nitrogens with one attached hydrogen (secondary N) is 1. The van der Waals surface area contributed by atoms with Gasteiger partial charge in [0.25, 0.3) is 5.95 Å². The third kappa shape index (κ3) is 2.12. The SMILES string of the molecule is Cn1nnc(NC(=O)C2(C(N)=S)CCCC2)n1. The van der Waals surface area contributed by atoms with E-state index in [1.165, 1.54) is 4.80 Å². The first kappa shape index (κ1) is 11.9. The van der Waals surface area contributed by atoms with Gasteiger partial charge in [-0.15, -0.1) is 5.10 Å². The molecule has 0 aliphatic heterocycles. The molecule has 1 fully saturated rings. The highest BCUT2D eigenvalue weighted by Crippen LogP contribution is 2.39. The predicted molar refractivity (Wildman–Crippen MR) is 65.1 cm³/mol. The Morgan fingerprint density at radius 1 is 1.53 bits per heavy atom. The molecule has 0 bridgehead atoms. The van der Waals surface area contributed by atoms with Gasteiger partial charge in [0.2, 0.25) is 5.91 Å². The van der Waals surface area contributed by atoms with Crippen LogP contribution < -0.4 is 11.1 Å². The molecule has 1 aromatic rings. The molecule has 7 nitrogen and oxygen atoms in total. The molecular formula is C9H14N6OS. The van der Waals surface area contributed by atoms with Crippen LogP contribution in [-0.4, -0.2) is 31.1 Å². The molecule has 0 radical (unpaired) electrons. The van der Waals surface area contributed by atoms with Crippen LogP contribution in [0.4, 0.5) is 5.95 Å². The third-order valence-corrected chi connectivity index (χ3v) is 3.49. The molecule has 3 N–H and O–H groups in total. The van der Waals surface area contributed by atoms with Gasteiger partial charge < -0.3 is 5.73 Å². The molecule has 1 amide bonds. The van der Waals surface area contributed by atoms with Crippen molar-refractivity contribution in [1.29, 1.82) is 0 Å². The van der Waals surface area contributed by atoms with Gasteiger partial charge in [-0.25, -0.2) is 0 Å². The van der Waals surface area contributed by atoms with Gasteiger partial charge in [0, 0.05) is 0 Å². The highest BCUT2D eigenvalue weighted by atomic mass is 32.1. The van der Waals surface area contributed by atoms with Gasteiger partial charge in [0.1, 0.15) is 0 Å². The third-order valence-electron chi connectivity index (χ3n) is 3.10. The largest absolute Gasteiger partial charge is 0.392 e. The minimum Gasteiger partial charge on any atom is -0.392 e. The number of nitrogens with zero attached hydrogens (tertiary/aromatic N) is 4. The predicted octanol–water partition coefficient (Wildman–Crippen LogP) is -0.00490. The van der Waals surface area contributed by atoms with E-state index < -0.39 is 5.41 Å². The molecule has 1 aliphatic rings. The fourth-order valence-electron chi connectivity index (χ4n) is 2.12. The normalized spacial score (nSPS) is 17.9. The summed E-state index contributed by atoms with van der Waals surface area (Å²) in [4.78, 5) is 13.7. The molecule has 17 heavy (non-hydrogen) atoms. The van der Waals surface area contributed by atoms with Crippen molar-refractivity contribution in [2.75, 3.05) is 5.32 Å². The Kier molecular flexibility index (Phi) is 3.05. The molecule has 0 aromatic carbocycles. The number of tetrazole rings is 1. The Morgan fingerprint density at radius 3 is 2.65 bits per heavy atom. The summed E-state index contributed by atoms with van der Waals surface area (Å²) in [6.07, 6.45) is 3.29. The van der Waals surface area contributed by atoms with Gasteiger partial charge >= 0.3 is 0 Å². The van der Waals surface area contributed by atoms with Crippen LogP contribution in [0.3, 0.4) is 0 Å². The second kappa shape index (κ2) is 4.36. The smallest absolute Gasteiger partial charge is 0.270 e. The van der Waals surface area contributed by atoms with Gasteiger partial charge in [0.05, 0.1) is 17.5 Å². The molecule has 0 spiro atoms. The lowest BCUT2D eigenvalue weighted by atomic mass is 9.85. The van der Waals surface area contributed by atoms with Crippen molar-refractivity contribution < 1.29 is 4.79 Å². The summed E-state index contributed by atoms with van der Waals surface area (Å²) in [6.45, 7) is 0. The number of rotatable bonds is 3. The minimum atomic E-state index is -0.742. The van der Waals surface area contributed by atoms with Crippen LogP contribution in [0.15, 0.2) is 0 Å². The van der Waals surface area contributed by atoms with Crippen LogP contribution in [0.25, 0.3) is 0 Å². The lowest BCUT2D eigenvalue weighted by Gasteiger charge is -2.25. The standard InChI is InChI=1S/C9H14N6OS/c1-15-13-8(12-14-15)11-7(16)9(6(10)17)4-2-3-5-9/h2-5H2,1H3,(H2,10,17)(H,11,13,16). The molecule has 1 heterocycles. The minimum absolute atomic E-state index is 0.181. The lowest BCUT2D eigenvalue weighted by Crippen LogP contribution is -2.44. The molecule has 1 aromatic heterocycles. The topological polar surface area (TPSA) is 98.7 Å². The van der Waals surface area contributed by atoms with E-state index in [4.69, 9.17) is 18.0 Å². The fourth-order valence-corrected chi connectivity index (χ4v) is 2.42. The van der Waals surface area contributed by atoms with Crippen molar-refractivity contribution in [3.63, 3.8) is 0 Å². The zero-order valence-corrected chi connectivity index (χ0v) is 10.3. The van der Waals surface area contributed by atoms with Crippen molar-refractivity contribution in [1.82, 2.24) is 20.2 Å². The average Bonchev–Trinajstić information content (AvgIpc) is 2.87. The molecule has 0 saturated heterocycles. The van der Waals surface area contributed by atoms with E-state index in [0.29, 0.717) is 12.8 Å². The average molecular weight is 254 g/mol. The zero-order valence-electron chi connectivity index (χ0n) is 9.51. The first-order chi connectivity index (χ1) is 8.04. The van der Waals surface area contributed by atoms with Crippen molar-refractivity contribution >= 4 is 29.1 Å². The Bertz CT molecular complexity index is 450. The summed E-state index contributed by atoms with van der Waals surface area (Å²) < 4.78 is 0. The number of thiocarbonyl (C=S) groups is 1. The monoisotopic (exact) mass is 254 g/mol. The second-order valence-corrected chi connectivity index (χ2v) is 4.65. The summed E-state index contributed by atoms with van der Waals surface area (Å²) in [7, 11) is 1.63. The maximum Gasteiger partial charge on any atom is 0.270 e. The molecule has 0 unspecified atom stereocenters. The molecule has 0 atom stereocenters. The number of hydrogen-bond acceptors (Lipinski definition) is 5. The van der Waals surface area contributed by atoms with Gasteiger partial charge in [0.15, 0.2) is 0 Å². The number of carbonyl (C=O) groups is 1. The first-order valence-corrected chi connectivity index (χ1v) is 5.81. The number of amides is 1. The highest BCUT2D eigenvalue weighted by molar-refractivity contribution is 7.80. The van der Waals surface area contributed by atoms with Gasteiger partial charge in [-0.05, 0) is 18.1 Å². The quantitative estimate of drug-likeness (QED) is 0.736. The van der Waals surface area contributed by atoms with Crippen molar-refractivity contribution in [2.24, 2.45) is 18.2 Å². The molecule has 92 valence electrons. The van der Waals surface area contributed by atoms with Crippen molar-refractivity contribution in [3.05, 3.63) is 0 Å². The molecule has 2 rings (SSSR count). The Hall–Kier alpha value is -1.57. The van der Waals surface area contributed by atoms with E-state index in [1.807, 2.05) is 0 Å². The Labute approximate surface area is 104 Å². The van der Waals surface area contributed by atoms with Crippen molar-refractivity contribution in [3.8, 4) is 0 Å². The maximum atomic E-state index is 12.2. The summed E-state index contributed by atoms with van der Waals surface area (Å²) >= 11 is 5.02. The fraction of sp³-hybridized carbons (Fsp3) is 0.667. The molecule has 1 aliphatic carbocycles. The molecule has 8 heteroatoms. The summed E-state index contributed by atoms with van der Waals surface area (Å²) in [5, 5.41) is 13.8. The molecule has 1 saturated carbocycles. The van der Waals surface area contributed by atoms with Crippen LogP contribution >= 0.6 is 12.2 Å². The van der Waals surface area contributed by atoms with Gasteiger partial charge in [-0.2, -0.15) is 4.80 Å². The summed E-state index contributed by atoms with van der Waals surface area (Å²) in [5.74, 6) is -0.0458. The Morgan fingerprint density at radius 2 is 2.18 bits per heavy atom. The van der Waals surface area contributed by atoms with E-state index in [2.05, 4.69) is 20.7 Å². The maximum absolute atomic E-state index is 12.2. The first-order valence-electron chi connectivity index (χ1n) is 5.40. The molecular weight excluding hydrogens is 240 g/mol. The van der Waals surface area contributed by atoms with Crippen LogP contribution in [0.2, 0.25) is 0 Å². The zero-order chi connectivity index (χ0) is 12.5. The Balaban J connectivity index is 2.15. The number of carbonyl (C=O) groups excluding carboxylic acids is 1. The summed E-state index contributed by atoms with van der Waals surface area (Å²) in [5.41, 5.74) is 4.96. The van der Waals surface area contributed by atoms with E-state index in [1.54, 1.807) is 7.05 Å². The number of aromatic nitrogens is 4. The van der Waals surface area contributed by atoms with Crippen LogP contribution in [0.1, 0.15) is 25.7 Å². The number of aryl methyl sites for hydroxylation is 1. The number of hydrogen-bond donors (Lipinski definition) is 2. The van der Waals surface area contributed by atoms with E-state index in [0.717, 1.165) is 12.8 Å². The van der Waals surface area contributed by atoms with Crippen LogP contribution in [-0.2, 0) is 11.8 Å². The van der Waals surface area contributed by atoms with E-state index >= 15 is 0 Å². The van der Waals surface area contributed by atoms with E-state index in [-0.39, 0.29) is 16.8 Å². The number of nitrogens with two attached hydrogens (primary N) is 1. The van der Waals surface area contributed by atoms with Gasteiger partial charge in [-0.3, -0.25) is 10.1 Å². The number of anilines is 1. The van der Waals surface area contributed by atoms with Gasteiger partial charge in [-0.1, -0.05) is 30.2 Å². The van der Waals surface area contributed by atoms with E-state index in [9.17, 15) is 4.79 Å². The van der Waals surface area contributed by atoms with Crippen LogP contribution in [0, 0.1) is 5.41 Å². The highest BCUT2D eigenvalue weighted by Gasteiger charge is 2.44.